The number of para-hydroxylation sites is 1. The lowest BCUT2D eigenvalue weighted by Gasteiger charge is -2.31. The first-order valence-corrected chi connectivity index (χ1v) is 14.1. The molecular formula is C25H33Cl2N3O4S. The normalized spacial score (nSPS) is 12.2. The molecule has 10 heteroatoms. The SMILES string of the molecule is CCNC(=O)[C@H](CC)N(Cc1ccc(Cl)cc1Cl)C(=O)CCCN(c1ccccc1C)S(C)(=O)=O. The Bertz CT molecular complexity index is 1140. The highest BCUT2D eigenvalue weighted by molar-refractivity contribution is 7.92. The average Bonchev–Trinajstić information content (AvgIpc) is 2.78. The van der Waals surface area contributed by atoms with E-state index in [1.807, 2.05) is 32.9 Å². The minimum absolute atomic E-state index is 0.0685. The Morgan fingerprint density at radius 2 is 1.77 bits per heavy atom. The van der Waals surface area contributed by atoms with Gasteiger partial charge in [0, 0.05) is 36.1 Å². The number of hydrogen-bond acceptors (Lipinski definition) is 4. The zero-order valence-electron chi connectivity index (χ0n) is 20.6. The Morgan fingerprint density at radius 1 is 1.09 bits per heavy atom. The third-order valence-corrected chi connectivity index (χ3v) is 7.40. The molecule has 0 saturated carbocycles. The van der Waals surface area contributed by atoms with Crippen molar-refractivity contribution in [2.24, 2.45) is 0 Å². The van der Waals surface area contributed by atoms with Gasteiger partial charge < -0.3 is 10.2 Å². The third kappa shape index (κ3) is 8.12. The Balaban J connectivity index is 2.25. The lowest BCUT2D eigenvalue weighted by atomic mass is 10.1. The second-order valence-corrected chi connectivity index (χ2v) is 11.1. The maximum Gasteiger partial charge on any atom is 0.242 e. The van der Waals surface area contributed by atoms with E-state index in [1.165, 1.54) is 9.21 Å². The second kappa shape index (κ2) is 13.1. The fourth-order valence-electron chi connectivity index (χ4n) is 3.87. The zero-order chi connectivity index (χ0) is 26.2. The van der Waals surface area contributed by atoms with Crippen molar-refractivity contribution in [2.45, 2.75) is 52.6 Å². The van der Waals surface area contributed by atoms with E-state index in [0.717, 1.165) is 11.8 Å². The standard InChI is InChI=1S/C25H33Cl2N3O4S/c1-5-22(25(32)28-6-2)29(17-19-13-14-20(26)16-21(19)27)24(31)12-9-15-30(35(4,33)34)23-11-8-7-10-18(23)3/h7-8,10-11,13-14,16,22H,5-6,9,12,15,17H2,1-4H3,(H,28,32)/t22-/m0/s1. The number of nitrogens with one attached hydrogen (secondary N) is 1. The summed E-state index contributed by atoms with van der Waals surface area (Å²) >= 11 is 12.4. The van der Waals surface area contributed by atoms with E-state index >= 15 is 0 Å². The highest BCUT2D eigenvalue weighted by atomic mass is 35.5. The van der Waals surface area contributed by atoms with Crippen molar-refractivity contribution in [2.75, 3.05) is 23.7 Å². The Kier molecular flexibility index (Phi) is 10.9. The first-order valence-electron chi connectivity index (χ1n) is 11.5. The number of sulfonamides is 1. The van der Waals surface area contributed by atoms with Crippen LogP contribution in [0.15, 0.2) is 42.5 Å². The van der Waals surface area contributed by atoms with Gasteiger partial charge in [0.15, 0.2) is 0 Å². The molecule has 2 aromatic rings. The van der Waals surface area contributed by atoms with E-state index in [-0.39, 0.29) is 37.7 Å². The van der Waals surface area contributed by atoms with E-state index < -0.39 is 16.1 Å². The van der Waals surface area contributed by atoms with Crippen molar-refractivity contribution in [3.8, 4) is 0 Å². The van der Waals surface area contributed by atoms with E-state index in [2.05, 4.69) is 5.32 Å². The smallest absolute Gasteiger partial charge is 0.242 e. The molecule has 192 valence electrons. The summed E-state index contributed by atoms with van der Waals surface area (Å²) in [6.07, 6.45) is 1.93. The van der Waals surface area contributed by atoms with Gasteiger partial charge in [-0.2, -0.15) is 0 Å². The molecular weight excluding hydrogens is 509 g/mol. The van der Waals surface area contributed by atoms with Crippen LogP contribution >= 0.6 is 23.2 Å². The summed E-state index contributed by atoms with van der Waals surface area (Å²) in [7, 11) is -3.54. The monoisotopic (exact) mass is 541 g/mol. The molecule has 1 N–H and O–H groups in total. The van der Waals surface area contributed by atoms with Crippen LogP contribution in [0.2, 0.25) is 10.0 Å². The molecule has 0 aliphatic carbocycles. The van der Waals surface area contributed by atoms with E-state index in [4.69, 9.17) is 23.2 Å². The van der Waals surface area contributed by atoms with Crippen molar-refractivity contribution in [3.05, 3.63) is 63.6 Å². The molecule has 0 radical (unpaired) electrons. The Morgan fingerprint density at radius 3 is 2.34 bits per heavy atom. The van der Waals surface area contributed by atoms with Crippen molar-refractivity contribution >= 4 is 50.7 Å². The summed E-state index contributed by atoms with van der Waals surface area (Å²) in [6, 6.07) is 11.5. The van der Waals surface area contributed by atoms with Gasteiger partial charge in [0.2, 0.25) is 21.8 Å². The van der Waals surface area contributed by atoms with Crippen molar-refractivity contribution < 1.29 is 18.0 Å². The van der Waals surface area contributed by atoms with Crippen LogP contribution in [0.25, 0.3) is 0 Å². The molecule has 0 aromatic heterocycles. The number of nitrogens with zero attached hydrogens (tertiary/aromatic N) is 2. The largest absolute Gasteiger partial charge is 0.355 e. The summed E-state index contributed by atoms with van der Waals surface area (Å²) in [5, 5.41) is 3.67. The van der Waals surface area contributed by atoms with Gasteiger partial charge in [0.1, 0.15) is 6.04 Å². The molecule has 0 heterocycles. The first-order chi connectivity index (χ1) is 16.5. The zero-order valence-corrected chi connectivity index (χ0v) is 22.9. The van der Waals surface area contributed by atoms with Crippen molar-refractivity contribution in [1.82, 2.24) is 10.2 Å². The summed E-state index contributed by atoms with van der Waals surface area (Å²) < 4.78 is 26.3. The van der Waals surface area contributed by atoms with Gasteiger partial charge in [-0.3, -0.25) is 13.9 Å². The number of halogens is 2. The molecule has 0 fully saturated rings. The molecule has 0 saturated heterocycles. The fourth-order valence-corrected chi connectivity index (χ4v) is 5.36. The number of rotatable bonds is 12. The molecule has 0 aliphatic rings. The number of likely N-dealkylation sites (N-methyl/N-ethyl adjacent to an activating group) is 1. The summed E-state index contributed by atoms with van der Waals surface area (Å²) in [5.41, 5.74) is 2.08. The van der Waals surface area contributed by atoms with Gasteiger partial charge in [-0.25, -0.2) is 8.42 Å². The lowest BCUT2D eigenvalue weighted by molar-refractivity contribution is -0.141. The van der Waals surface area contributed by atoms with Crippen LogP contribution in [-0.2, 0) is 26.2 Å². The second-order valence-electron chi connectivity index (χ2n) is 8.30. The molecule has 1 atom stereocenters. The van der Waals surface area contributed by atoms with Gasteiger partial charge in [0.05, 0.1) is 11.9 Å². The highest BCUT2D eigenvalue weighted by Gasteiger charge is 2.29. The molecule has 7 nitrogen and oxygen atoms in total. The molecule has 0 aliphatic heterocycles. The van der Waals surface area contributed by atoms with Crippen LogP contribution in [0, 0.1) is 6.92 Å². The third-order valence-electron chi connectivity index (χ3n) is 5.63. The van der Waals surface area contributed by atoms with Crippen LogP contribution < -0.4 is 9.62 Å². The maximum absolute atomic E-state index is 13.4. The molecule has 2 amide bonds. The number of benzene rings is 2. The molecule has 2 rings (SSSR count). The van der Waals surface area contributed by atoms with Crippen LogP contribution in [0.3, 0.4) is 0 Å². The minimum Gasteiger partial charge on any atom is -0.355 e. The lowest BCUT2D eigenvalue weighted by Crippen LogP contribution is -2.49. The van der Waals surface area contributed by atoms with Crippen LogP contribution in [-0.4, -0.2) is 50.5 Å². The van der Waals surface area contributed by atoms with E-state index in [0.29, 0.717) is 34.3 Å². The van der Waals surface area contributed by atoms with Gasteiger partial charge in [-0.1, -0.05) is 54.4 Å². The predicted molar refractivity (Wildman–Crippen MR) is 142 cm³/mol. The Hall–Kier alpha value is -2.29. The molecule has 0 unspecified atom stereocenters. The van der Waals surface area contributed by atoms with Crippen LogP contribution in [0.5, 0.6) is 0 Å². The molecule has 0 bridgehead atoms. The van der Waals surface area contributed by atoms with E-state index in [1.54, 1.807) is 30.3 Å². The number of carbonyl (C=O) groups is 2. The predicted octanol–water partition coefficient (Wildman–Crippen LogP) is 4.79. The molecule has 0 spiro atoms. The van der Waals surface area contributed by atoms with Gasteiger partial charge in [0.25, 0.3) is 0 Å². The summed E-state index contributed by atoms with van der Waals surface area (Å²) in [6.45, 7) is 6.22. The average molecular weight is 543 g/mol. The summed E-state index contributed by atoms with van der Waals surface area (Å²) in [5.74, 6) is -0.501. The maximum atomic E-state index is 13.4. The number of carbonyl (C=O) groups excluding carboxylic acids is 2. The number of amides is 2. The van der Waals surface area contributed by atoms with Gasteiger partial charge in [-0.05, 0) is 56.0 Å². The summed E-state index contributed by atoms with van der Waals surface area (Å²) in [4.78, 5) is 27.6. The molecule has 2 aromatic carbocycles. The van der Waals surface area contributed by atoms with Crippen LogP contribution in [0.1, 0.15) is 44.2 Å². The first kappa shape index (κ1) is 28.9. The van der Waals surface area contributed by atoms with Crippen LogP contribution in [0.4, 0.5) is 5.69 Å². The fraction of sp³-hybridized carbons (Fsp3) is 0.440. The topological polar surface area (TPSA) is 86.8 Å². The van der Waals surface area contributed by atoms with Crippen molar-refractivity contribution in [1.29, 1.82) is 0 Å². The quantitative estimate of drug-likeness (QED) is 0.418. The van der Waals surface area contributed by atoms with Gasteiger partial charge >= 0.3 is 0 Å². The van der Waals surface area contributed by atoms with Crippen molar-refractivity contribution in [3.63, 3.8) is 0 Å². The Labute approximate surface area is 218 Å². The minimum atomic E-state index is -3.54. The van der Waals surface area contributed by atoms with E-state index in [9.17, 15) is 18.0 Å². The number of aryl methyl sites for hydroxylation is 1. The molecule has 35 heavy (non-hydrogen) atoms. The number of hydrogen-bond donors (Lipinski definition) is 1. The highest BCUT2D eigenvalue weighted by Crippen LogP contribution is 2.25. The van der Waals surface area contributed by atoms with Gasteiger partial charge in [-0.15, -0.1) is 0 Å². The number of anilines is 1.